The highest BCUT2D eigenvalue weighted by molar-refractivity contribution is 5.45. The first kappa shape index (κ1) is 10.6. The van der Waals surface area contributed by atoms with Gasteiger partial charge >= 0.3 is 0 Å². The van der Waals surface area contributed by atoms with E-state index in [0.717, 1.165) is 24.1 Å². The first-order valence-electron chi connectivity index (χ1n) is 5.65. The van der Waals surface area contributed by atoms with Crippen molar-refractivity contribution in [1.82, 2.24) is 14.6 Å². The third kappa shape index (κ3) is 1.45. The molecule has 0 aliphatic heterocycles. The van der Waals surface area contributed by atoms with Gasteiger partial charge in [-0.15, -0.1) is 0 Å². The fraction of sp³-hybridized carbons (Fsp3) is 0.500. The zero-order valence-corrected chi connectivity index (χ0v) is 9.74. The van der Waals surface area contributed by atoms with Gasteiger partial charge in [0, 0.05) is 17.7 Å². The minimum atomic E-state index is -2.54. The maximum absolute atomic E-state index is 12.6. The molecule has 0 saturated heterocycles. The predicted octanol–water partition coefficient (Wildman–Crippen LogP) is 2.89. The zero-order chi connectivity index (χ0) is 12.2. The van der Waals surface area contributed by atoms with E-state index in [9.17, 15) is 8.78 Å². The van der Waals surface area contributed by atoms with E-state index in [2.05, 4.69) is 23.9 Å². The molecule has 17 heavy (non-hydrogen) atoms. The number of alkyl halides is 2. The van der Waals surface area contributed by atoms with Gasteiger partial charge in [-0.2, -0.15) is 5.10 Å². The second kappa shape index (κ2) is 3.24. The highest BCUT2D eigenvalue weighted by Gasteiger charge is 2.33. The Morgan fingerprint density at radius 3 is 2.88 bits per heavy atom. The summed E-state index contributed by atoms with van der Waals surface area (Å²) in [5.74, 6) is 0. The van der Waals surface area contributed by atoms with Crippen LogP contribution in [0.4, 0.5) is 8.78 Å². The Morgan fingerprint density at radius 1 is 1.41 bits per heavy atom. The summed E-state index contributed by atoms with van der Waals surface area (Å²) in [5.41, 5.74) is 2.42. The maximum Gasteiger partial charge on any atom is 0.282 e. The summed E-state index contributed by atoms with van der Waals surface area (Å²) >= 11 is 0. The minimum absolute atomic E-state index is 0.0259. The van der Waals surface area contributed by atoms with Crippen molar-refractivity contribution in [3.8, 4) is 0 Å². The summed E-state index contributed by atoms with van der Waals surface area (Å²) < 4.78 is 26.9. The van der Waals surface area contributed by atoms with Crippen LogP contribution in [-0.4, -0.2) is 14.6 Å². The number of halogens is 2. The number of hydrogen-bond donors (Lipinski definition) is 0. The number of aryl methyl sites for hydroxylation is 1. The van der Waals surface area contributed by atoms with Crippen LogP contribution in [0.5, 0.6) is 0 Å². The van der Waals surface area contributed by atoms with Gasteiger partial charge in [-0.25, -0.2) is 18.3 Å². The summed E-state index contributed by atoms with van der Waals surface area (Å²) in [6.07, 6.45) is 1.19. The molecule has 0 bridgehead atoms. The molecule has 0 spiro atoms. The molecule has 0 fully saturated rings. The summed E-state index contributed by atoms with van der Waals surface area (Å²) in [6.45, 7) is 4.23. The molecule has 1 aliphatic carbocycles. The average molecular weight is 237 g/mol. The molecular formula is C12H13F2N3. The van der Waals surface area contributed by atoms with Gasteiger partial charge in [-0.3, -0.25) is 0 Å². The monoisotopic (exact) mass is 237 g/mol. The molecule has 0 atom stereocenters. The summed E-state index contributed by atoms with van der Waals surface area (Å²) in [4.78, 5) is 4.19. The zero-order valence-electron chi connectivity index (χ0n) is 9.74. The van der Waals surface area contributed by atoms with E-state index in [1.165, 1.54) is 6.07 Å². The Bertz CT molecular complexity index is 587. The lowest BCUT2D eigenvalue weighted by Crippen LogP contribution is -2.17. The van der Waals surface area contributed by atoms with Crippen molar-refractivity contribution in [2.24, 2.45) is 0 Å². The van der Waals surface area contributed by atoms with Crippen molar-refractivity contribution in [2.75, 3.05) is 0 Å². The highest BCUT2D eigenvalue weighted by Crippen LogP contribution is 2.38. The molecule has 2 heterocycles. The van der Waals surface area contributed by atoms with Gasteiger partial charge in [0.25, 0.3) is 6.43 Å². The fourth-order valence-corrected chi connectivity index (χ4v) is 2.56. The van der Waals surface area contributed by atoms with E-state index in [4.69, 9.17) is 0 Å². The standard InChI is InChI=1S/C12H13F2N3/c1-12(2)4-3-7-6-15-9-5-8(11(13)14)16-17(9)10(7)12/h5-6,11H,3-4H2,1-2H3. The fourth-order valence-electron chi connectivity index (χ4n) is 2.56. The van der Waals surface area contributed by atoms with Crippen LogP contribution in [0.25, 0.3) is 5.65 Å². The van der Waals surface area contributed by atoms with Crippen LogP contribution in [0.1, 0.15) is 43.6 Å². The molecule has 0 aromatic carbocycles. The molecule has 3 nitrogen and oxygen atoms in total. The minimum Gasteiger partial charge on any atom is -0.237 e. The predicted molar refractivity (Wildman–Crippen MR) is 59.3 cm³/mol. The van der Waals surface area contributed by atoms with Crippen molar-refractivity contribution in [1.29, 1.82) is 0 Å². The Labute approximate surface area is 97.5 Å². The third-order valence-electron chi connectivity index (χ3n) is 3.46. The second-order valence-corrected chi connectivity index (χ2v) is 5.16. The van der Waals surface area contributed by atoms with Crippen molar-refractivity contribution in [3.63, 3.8) is 0 Å². The molecule has 0 radical (unpaired) electrons. The second-order valence-electron chi connectivity index (χ2n) is 5.16. The Balaban J connectivity index is 2.31. The molecule has 5 heteroatoms. The molecule has 3 rings (SSSR count). The van der Waals surface area contributed by atoms with Crippen molar-refractivity contribution < 1.29 is 8.78 Å². The molecule has 0 amide bonds. The van der Waals surface area contributed by atoms with Crippen LogP contribution in [0, 0.1) is 0 Å². The Hall–Kier alpha value is -1.52. The Morgan fingerprint density at radius 2 is 2.18 bits per heavy atom. The molecular weight excluding hydrogens is 224 g/mol. The molecule has 90 valence electrons. The topological polar surface area (TPSA) is 30.2 Å². The molecule has 2 aromatic rings. The molecule has 0 N–H and O–H groups in total. The first-order chi connectivity index (χ1) is 7.99. The van der Waals surface area contributed by atoms with E-state index in [1.807, 2.05) is 0 Å². The molecule has 0 unspecified atom stereocenters. The average Bonchev–Trinajstić information content (AvgIpc) is 2.79. The number of rotatable bonds is 1. The maximum atomic E-state index is 12.6. The van der Waals surface area contributed by atoms with Crippen LogP contribution in [0.3, 0.4) is 0 Å². The number of fused-ring (bicyclic) bond motifs is 3. The van der Waals surface area contributed by atoms with Gasteiger partial charge in [0.2, 0.25) is 0 Å². The smallest absolute Gasteiger partial charge is 0.237 e. The SMILES string of the molecule is CC1(C)CCc2cnc3cc(C(F)F)nn3c21. The molecule has 1 aliphatic rings. The van der Waals surface area contributed by atoms with Crippen LogP contribution in [0.2, 0.25) is 0 Å². The lowest BCUT2D eigenvalue weighted by Gasteiger charge is -2.19. The van der Waals surface area contributed by atoms with Gasteiger partial charge in [-0.05, 0) is 18.4 Å². The quantitative estimate of drug-likeness (QED) is 0.763. The van der Waals surface area contributed by atoms with Gasteiger partial charge in [0.15, 0.2) is 5.65 Å². The Kier molecular flexibility index (Phi) is 2.03. The largest absolute Gasteiger partial charge is 0.282 e. The van der Waals surface area contributed by atoms with Gasteiger partial charge in [0.1, 0.15) is 5.69 Å². The lowest BCUT2D eigenvalue weighted by molar-refractivity contribution is 0.145. The summed E-state index contributed by atoms with van der Waals surface area (Å²) in [6, 6.07) is 1.36. The molecule has 2 aromatic heterocycles. The van der Waals surface area contributed by atoms with Crippen LogP contribution >= 0.6 is 0 Å². The normalized spacial score (nSPS) is 17.9. The first-order valence-corrected chi connectivity index (χ1v) is 5.65. The van der Waals surface area contributed by atoms with Crippen molar-refractivity contribution >= 4 is 5.65 Å². The summed E-state index contributed by atoms with van der Waals surface area (Å²) in [7, 11) is 0. The van der Waals surface area contributed by atoms with Crippen LogP contribution in [-0.2, 0) is 11.8 Å². The van der Waals surface area contributed by atoms with Gasteiger partial charge in [-0.1, -0.05) is 13.8 Å². The van der Waals surface area contributed by atoms with Crippen molar-refractivity contribution in [2.45, 2.75) is 38.5 Å². The van der Waals surface area contributed by atoms with Crippen LogP contribution < -0.4 is 0 Å². The highest BCUT2D eigenvalue weighted by atomic mass is 19.3. The van der Waals surface area contributed by atoms with Gasteiger partial charge in [0.05, 0.1) is 5.69 Å². The molecule has 0 saturated carbocycles. The van der Waals surface area contributed by atoms with Crippen molar-refractivity contribution in [3.05, 3.63) is 29.2 Å². The number of nitrogens with zero attached hydrogens (tertiary/aromatic N) is 3. The number of aromatic nitrogens is 3. The van der Waals surface area contributed by atoms with Gasteiger partial charge < -0.3 is 0 Å². The van der Waals surface area contributed by atoms with E-state index >= 15 is 0 Å². The van der Waals surface area contributed by atoms with Crippen LogP contribution in [0.15, 0.2) is 12.3 Å². The van der Waals surface area contributed by atoms with E-state index < -0.39 is 6.43 Å². The van der Waals surface area contributed by atoms with E-state index in [-0.39, 0.29) is 11.1 Å². The summed E-state index contributed by atoms with van der Waals surface area (Å²) in [5, 5.41) is 3.98. The third-order valence-corrected chi connectivity index (χ3v) is 3.46. The van der Waals surface area contributed by atoms with E-state index in [1.54, 1.807) is 10.7 Å². The number of hydrogen-bond acceptors (Lipinski definition) is 2. The van der Waals surface area contributed by atoms with E-state index in [0.29, 0.717) is 5.65 Å². The lowest BCUT2D eigenvalue weighted by atomic mass is 9.91.